The molecule has 112 valence electrons. The third kappa shape index (κ3) is 3.13. The van der Waals surface area contributed by atoms with Crippen LogP contribution in [0.3, 0.4) is 0 Å². The van der Waals surface area contributed by atoms with Gasteiger partial charge in [-0.3, -0.25) is 0 Å². The van der Waals surface area contributed by atoms with Crippen molar-refractivity contribution in [2.45, 2.75) is 44.1 Å². The monoisotopic (exact) mass is 298 g/mol. The molecule has 20 heavy (non-hydrogen) atoms. The zero-order valence-corrected chi connectivity index (χ0v) is 13.0. The fraction of sp³-hybridized carbons (Fsp3) is 0.571. The summed E-state index contributed by atoms with van der Waals surface area (Å²) in [7, 11) is -3.57. The van der Waals surface area contributed by atoms with Gasteiger partial charge in [0.2, 0.25) is 10.0 Å². The van der Waals surface area contributed by atoms with Crippen LogP contribution in [0.15, 0.2) is 17.0 Å². The van der Waals surface area contributed by atoms with Crippen molar-refractivity contribution < 1.29 is 13.2 Å². The standard InChI is InChI=1S/C14H22N2O3S/c1-10-7-12(15)11(2)13(8-10)20(17,18)16-9-14(3)5-4-6-19-14/h7-8,16H,4-6,9,15H2,1-3H3. The van der Waals surface area contributed by atoms with Crippen molar-refractivity contribution in [2.24, 2.45) is 0 Å². The molecule has 0 radical (unpaired) electrons. The van der Waals surface area contributed by atoms with Crippen molar-refractivity contribution in [2.75, 3.05) is 18.9 Å². The Morgan fingerprint density at radius 3 is 2.70 bits per heavy atom. The lowest BCUT2D eigenvalue weighted by molar-refractivity contribution is 0.0250. The number of sulfonamides is 1. The van der Waals surface area contributed by atoms with E-state index in [0.29, 0.717) is 17.9 Å². The highest BCUT2D eigenvalue weighted by molar-refractivity contribution is 7.89. The number of nitrogen functional groups attached to an aromatic ring is 1. The third-order valence-corrected chi connectivity index (χ3v) is 5.30. The number of aryl methyl sites for hydroxylation is 1. The molecule has 6 heteroatoms. The zero-order chi connectivity index (χ0) is 15.0. The van der Waals surface area contributed by atoms with E-state index in [0.717, 1.165) is 18.4 Å². The Bertz CT molecular complexity index is 605. The Morgan fingerprint density at radius 1 is 1.40 bits per heavy atom. The third-order valence-electron chi connectivity index (χ3n) is 3.77. The van der Waals surface area contributed by atoms with Crippen LogP contribution in [0.2, 0.25) is 0 Å². The average molecular weight is 298 g/mol. The number of anilines is 1. The number of ether oxygens (including phenoxy) is 1. The molecule has 0 aliphatic carbocycles. The van der Waals surface area contributed by atoms with Crippen molar-refractivity contribution in [3.63, 3.8) is 0 Å². The SMILES string of the molecule is Cc1cc(N)c(C)c(S(=O)(=O)NCC2(C)CCCO2)c1. The van der Waals surface area contributed by atoms with Crippen LogP contribution in [0.4, 0.5) is 5.69 Å². The van der Waals surface area contributed by atoms with Gasteiger partial charge < -0.3 is 10.5 Å². The smallest absolute Gasteiger partial charge is 0.241 e. The quantitative estimate of drug-likeness (QED) is 0.830. The number of hydrogen-bond donors (Lipinski definition) is 2. The van der Waals surface area contributed by atoms with Crippen LogP contribution in [-0.4, -0.2) is 27.2 Å². The second-order valence-electron chi connectivity index (χ2n) is 5.70. The normalized spacial score (nSPS) is 23.1. The van der Waals surface area contributed by atoms with Gasteiger partial charge in [-0.2, -0.15) is 0 Å². The lowest BCUT2D eigenvalue weighted by Crippen LogP contribution is -2.40. The lowest BCUT2D eigenvalue weighted by atomic mass is 10.0. The molecule has 1 unspecified atom stereocenters. The summed E-state index contributed by atoms with van der Waals surface area (Å²) in [5.74, 6) is 0. The molecule has 3 N–H and O–H groups in total. The van der Waals surface area contributed by atoms with Crippen LogP contribution in [0.1, 0.15) is 30.9 Å². The van der Waals surface area contributed by atoms with Crippen LogP contribution >= 0.6 is 0 Å². The number of rotatable bonds is 4. The highest BCUT2D eigenvalue weighted by Crippen LogP contribution is 2.26. The van der Waals surface area contributed by atoms with E-state index in [1.807, 2.05) is 13.8 Å². The van der Waals surface area contributed by atoms with Crippen LogP contribution < -0.4 is 10.5 Å². The molecule has 2 rings (SSSR count). The van der Waals surface area contributed by atoms with E-state index in [-0.39, 0.29) is 11.4 Å². The molecule has 1 aromatic rings. The van der Waals surface area contributed by atoms with E-state index in [1.165, 1.54) is 0 Å². The van der Waals surface area contributed by atoms with E-state index in [9.17, 15) is 8.42 Å². The van der Waals surface area contributed by atoms with Gasteiger partial charge in [0, 0.05) is 18.8 Å². The number of nitrogens with two attached hydrogens (primary N) is 1. The summed E-state index contributed by atoms with van der Waals surface area (Å²) in [5.41, 5.74) is 7.35. The van der Waals surface area contributed by atoms with Gasteiger partial charge in [-0.1, -0.05) is 0 Å². The van der Waals surface area contributed by atoms with Gasteiger partial charge in [0.05, 0.1) is 10.5 Å². The molecule has 0 bridgehead atoms. The zero-order valence-electron chi connectivity index (χ0n) is 12.2. The van der Waals surface area contributed by atoms with Gasteiger partial charge in [0.15, 0.2) is 0 Å². The summed E-state index contributed by atoms with van der Waals surface area (Å²) in [4.78, 5) is 0.247. The van der Waals surface area contributed by atoms with E-state index in [4.69, 9.17) is 10.5 Å². The fourth-order valence-electron chi connectivity index (χ4n) is 2.43. The summed E-state index contributed by atoms with van der Waals surface area (Å²) in [6.45, 7) is 6.45. The summed E-state index contributed by atoms with van der Waals surface area (Å²) < 4.78 is 33.1. The Labute approximate surface area is 120 Å². The molecule has 1 aliphatic heterocycles. The van der Waals surface area contributed by atoms with Crippen molar-refractivity contribution in [3.8, 4) is 0 Å². The minimum atomic E-state index is -3.57. The predicted octanol–water partition coefficient (Wildman–Crippen LogP) is 1.73. The number of nitrogens with one attached hydrogen (secondary N) is 1. The molecule has 0 saturated carbocycles. The van der Waals surface area contributed by atoms with Crippen LogP contribution in [0.25, 0.3) is 0 Å². The predicted molar refractivity (Wildman–Crippen MR) is 79.1 cm³/mol. The highest BCUT2D eigenvalue weighted by atomic mass is 32.2. The van der Waals surface area contributed by atoms with Gasteiger partial charge in [-0.05, 0) is 56.9 Å². The fourth-order valence-corrected chi connectivity index (χ4v) is 3.95. The van der Waals surface area contributed by atoms with Crippen LogP contribution in [-0.2, 0) is 14.8 Å². The molecule has 1 atom stereocenters. The molecule has 0 spiro atoms. The maximum atomic E-state index is 12.4. The molecule has 5 nitrogen and oxygen atoms in total. The summed E-state index contributed by atoms with van der Waals surface area (Å²) in [5, 5.41) is 0. The minimum absolute atomic E-state index is 0.247. The summed E-state index contributed by atoms with van der Waals surface area (Å²) in [6.07, 6.45) is 1.83. The Morgan fingerprint density at radius 2 is 2.10 bits per heavy atom. The Kier molecular flexibility index (Phi) is 4.09. The van der Waals surface area contributed by atoms with E-state index < -0.39 is 15.6 Å². The van der Waals surface area contributed by atoms with Crippen molar-refractivity contribution in [1.29, 1.82) is 0 Å². The van der Waals surface area contributed by atoms with E-state index >= 15 is 0 Å². The first kappa shape index (κ1) is 15.3. The van der Waals surface area contributed by atoms with Gasteiger partial charge in [-0.15, -0.1) is 0 Å². The van der Waals surface area contributed by atoms with E-state index in [1.54, 1.807) is 19.1 Å². The Balaban J connectivity index is 2.22. The summed E-state index contributed by atoms with van der Waals surface area (Å²) in [6, 6.07) is 3.42. The largest absolute Gasteiger partial charge is 0.398 e. The average Bonchev–Trinajstić information content (AvgIpc) is 2.79. The van der Waals surface area contributed by atoms with Gasteiger partial charge in [-0.25, -0.2) is 13.1 Å². The van der Waals surface area contributed by atoms with Crippen molar-refractivity contribution in [1.82, 2.24) is 4.72 Å². The van der Waals surface area contributed by atoms with Crippen LogP contribution in [0.5, 0.6) is 0 Å². The van der Waals surface area contributed by atoms with Crippen molar-refractivity contribution in [3.05, 3.63) is 23.3 Å². The second-order valence-corrected chi connectivity index (χ2v) is 7.44. The molecule has 1 saturated heterocycles. The lowest BCUT2D eigenvalue weighted by Gasteiger charge is -2.23. The highest BCUT2D eigenvalue weighted by Gasteiger charge is 2.31. The summed E-state index contributed by atoms with van der Waals surface area (Å²) >= 11 is 0. The maximum Gasteiger partial charge on any atom is 0.241 e. The second kappa shape index (κ2) is 5.35. The molecular weight excluding hydrogens is 276 g/mol. The van der Waals surface area contributed by atoms with Gasteiger partial charge in [0.1, 0.15) is 0 Å². The molecule has 1 fully saturated rings. The topological polar surface area (TPSA) is 81.4 Å². The first-order valence-electron chi connectivity index (χ1n) is 6.74. The number of hydrogen-bond acceptors (Lipinski definition) is 4. The molecule has 0 aromatic heterocycles. The first-order chi connectivity index (χ1) is 9.23. The first-order valence-corrected chi connectivity index (χ1v) is 8.22. The maximum absolute atomic E-state index is 12.4. The van der Waals surface area contributed by atoms with Gasteiger partial charge >= 0.3 is 0 Å². The molecule has 1 heterocycles. The molecule has 0 amide bonds. The molecule has 1 aliphatic rings. The van der Waals surface area contributed by atoms with E-state index in [2.05, 4.69) is 4.72 Å². The van der Waals surface area contributed by atoms with Crippen molar-refractivity contribution >= 4 is 15.7 Å². The molecule has 1 aromatic carbocycles. The minimum Gasteiger partial charge on any atom is -0.398 e. The van der Waals surface area contributed by atoms with Crippen LogP contribution in [0, 0.1) is 13.8 Å². The Hall–Kier alpha value is -1.11. The number of benzene rings is 1. The molecular formula is C14H22N2O3S. The van der Waals surface area contributed by atoms with Gasteiger partial charge in [0.25, 0.3) is 0 Å².